The van der Waals surface area contributed by atoms with Crippen LogP contribution in [0.15, 0.2) is 49.2 Å². The van der Waals surface area contributed by atoms with E-state index >= 15 is 0 Å². The van der Waals surface area contributed by atoms with Gasteiger partial charge in [0.2, 0.25) is 0 Å². The van der Waals surface area contributed by atoms with Crippen LogP contribution in [0.5, 0.6) is 0 Å². The number of benzene rings is 1. The van der Waals surface area contributed by atoms with Crippen molar-refractivity contribution in [3.63, 3.8) is 0 Å². The topological polar surface area (TPSA) is 90.4 Å². The maximum atomic E-state index is 13.1. The highest BCUT2D eigenvalue weighted by Gasteiger charge is 2.30. The van der Waals surface area contributed by atoms with Gasteiger partial charge in [0.25, 0.3) is 5.91 Å². The molecule has 1 saturated heterocycles. The highest BCUT2D eigenvalue weighted by Crippen LogP contribution is 2.29. The van der Waals surface area contributed by atoms with Gasteiger partial charge in [-0.2, -0.15) is 10.2 Å². The quantitative estimate of drug-likeness (QED) is 0.435. The molecule has 0 bridgehead atoms. The predicted molar refractivity (Wildman–Crippen MR) is 122 cm³/mol. The average molecular weight is 446 g/mol. The molecule has 1 aliphatic heterocycles. The van der Waals surface area contributed by atoms with Crippen LogP contribution in [-0.4, -0.2) is 59.9 Å². The molecule has 4 heterocycles. The first-order valence-corrected chi connectivity index (χ1v) is 11.3. The molecule has 9 nitrogen and oxygen atoms in total. The lowest BCUT2D eigenvalue weighted by atomic mass is 10.0. The Balaban J connectivity index is 1.34. The lowest BCUT2D eigenvalue weighted by Crippen LogP contribution is -2.28. The van der Waals surface area contributed by atoms with Gasteiger partial charge < -0.3 is 9.64 Å². The average Bonchev–Trinajstić information content (AvgIpc) is 3.59. The fourth-order valence-corrected chi connectivity index (χ4v) is 4.42. The number of ether oxygens (including phenoxy) is 1. The van der Waals surface area contributed by atoms with Crippen LogP contribution in [0, 0.1) is 6.92 Å². The summed E-state index contributed by atoms with van der Waals surface area (Å²) in [4.78, 5) is 23.6. The molecule has 1 aliphatic rings. The van der Waals surface area contributed by atoms with Gasteiger partial charge >= 0.3 is 0 Å². The van der Waals surface area contributed by atoms with E-state index in [4.69, 9.17) is 9.84 Å². The van der Waals surface area contributed by atoms with Gasteiger partial charge in [0.1, 0.15) is 12.7 Å². The molecule has 33 heavy (non-hydrogen) atoms. The second-order valence-corrected chi connectivity index (χ2v) is 8.33. The Bertz CT molecular complexity index is 1250. The number of nitrogens with zero attached hydrogens (tertiary/aromatic N) is 7. The van der Waals surface area contributed by atoms with Crippen LogP contribution in [-0.2, 0) is 17.9 Å². The number of carbonyl (C=O) groups excluding carboxylic acids is 1. The first-order valence-electron chi connectivity index (χ1n) is 11.3. The fourth-order valence-electron chi connectivity index (χ4n) is 4.42. The lowest BCUT2D eigenvalue weighted by molar-refractivity contribution is 0.0790. The smallest absolute Gasteiger partial charge is 0.253 e. The minimum Gasteiger partial charge on any atom is -0.377 e. The molecule has 5 rings (SSSR count). The number of likely N-dealkylation sites (tertiary alicyclic amines) is 1. The standard InChI is InChI=1S/C24H27N7O2/c1-3-33-14-18-4-6-19(7-5-18)24(32)29-11-9-20(12-29)22-8-10-26-23-21(17(2)28-31(22)23)13-30-16-25-15-27-30/h4-8,10,15-16,20H,3,9,11-14H2,1-2H3/t20-/m0/s1. The molecule has 0 N–H and O–H groups in total. The first-order chi connectivity index (χ1) is 16.1. The molecule has 0 spiro atoms. The highest BCUT2D eigenvalue weighted by atomic mass is 16.5. The fraction of sp³-hybridized carbons (Fsp3) is 0.375. The molecular weight excluding hydrogens is 418 g/mol. The summed E-state index contributed by atoms with van der Waals surface area (Å²) in [7, 11) is 0. The number of fused-ring (bicyclic) bond motifs is 1. The van der Waals surface area contributed by atoms with E-state index in [0.717, 1.165) is 41.1 Å². The van der Waals surface area contributed by atoms with Gasteiger partial charge in [0.05, 0.1) is 24.5 Å². The minimum absolute atomic E-state index is 0.0641. The van der Waals surface area contributed by atoms with Crippen molar-refractivity contribution in [2.45, 2.75) is 39.3 Å². The van der Waals surface area contributed by atoms with Gasteiger partial charge in [0.15, 0.2) is 5.65 Å². The summed E-state index contributed by atoms with van der Waals surface area (Å²) < 4.78 is 9.15. The van der Waals surface area contributed by atoms with Gasteiger partial charge in [-0.05, 0) is 44.0 Å². The maximum absolute atomic E-state index is 13.1. The molecule has 1 aromatic carbocycles. The minimum atomic E-state index is 0.0641. The summed E-state index contributed by atoms with van der Waals surface area (Å²) >= 11 is 0. The van der Waals surface area contributed by atoms with Crippen molar-refractivity contribution in [2.75, 3.05) is 19.7 Å². The third kappa shape index (κ3) is 4.23. The van der Waals surface area contributed by atoms with Crippen molar-refractivity contribution in [3.05, 3.63) is 77.3 Å². The Morgan fingerprint density at radius 3 is 2.82 bits per heavy atom. The van der Waals surface area contributed by atoms with Crippen molar-refractivity contribution in [1.29, 1.82) is 0 Å². The summed E-state index contributed by atoms with van der Waals surface area (Å²) in [6, 6.07) is 9.72. The van der Waals surface area contributed by atoms with Crippen molar-refractivity contribution in [3.8, 4) is 0 Å². The zero-order valence-electron chi connectivity index (χ0n) is 18.9. The molecule has 0 radical (unpaired) electrons. The van der Waals surface area contributed by atoms with Crippen LogP contribution >= 0.6 is 0 Å². The van der Waals surface area contributed by atoms with E-state index in [1.54, 1.807) is 11.0 Å². The number of carbonyl (C=O) groups is 1. The van der Waals surface area contributed by atoms with Gasteiger partial charge in [-0.15, -0.1) is 0 Å². The predicted octanol–water partition coefficient (Wildman–Crippen LogP) is 2.84. The zero-order valence-corrected chi connectivity index (χ0v) is 18.9. The van der Waals surface area contributed by atoms with Gasteiger partial charge in [-0.1, -0.05) is 12.1 Å². The van der Waals surface area contributed by atoms with Crippen LogP contribution < -0.4 is 0 Å². The van der Waals surface area contributed by atoms with E-state index in [0.29, 0.717) is 31.9 Å². The molecule has 0 aliphatic carbocycles. The lowest BCUT2D eigenvalue weighted by Gasteiger charge is -2.17. The van der Waals surface area contributed by atoms with Gasteiger partial charge in [0, 0.05) is 42.9 Å². The molecule has 0 unspecified atom stereocenters. The summed E-state index contributed by atoms with van der Waals surface area (Å²) in [5, 5.41) is 8.98. The number of rotatable bonds is 7. The number of hydrogen-bond acceptors (Lipinski definition) is 6. The Kier molecular flexibility index (Phi) is 5.87. The molecule has 1 fully saturated rings. The molecular formula is C24H27N7O2. The summed E-state index contributed by atoms with van der Waals surface area (Å²) in [5.41, 5.74) is 5.64. The largest absolute Gasteiger partial charge is 0.377 e. The first kappa shape index (κ1) is 21.3. The third-order valence-corrected chi connectivity index (χ3v) is 6.20. The molecule has 1 amide bonds. The molecule has 170 valence electrons. The molecule has 9 heteroatoms. The number of hydrogen-bond donors (Lipinski definition) is 0. The summed E-state index contributed by atoms with van der Waals surface area (Å²) in [6.45, 7) is 7.16. The third-order valence-electron chi connectivity index (χ3n) is 6.20. The van der Waals surface area contributed by atoms with E-state index in [2.05, 4.69) is 15.1 Å². The highest BCUT2D eigenvalue weighted by molar-refractivity contribution is 5.94. The maximum Gasteiger partial charge on any atom is 0.253 e. The van der Waals surface area contributed by atoms with E-state index in [9.17, 15) is 4.79 Å². The second kappa shape index (κ2) is 9.11. The van der Waals surface area contributed by atoms with Crippen LogP contribution in [0.3, 0.4) is 0 Å². The van der Waals surface area contributed by atoms with Crippen LogP contribution in [0.1, 0.15) is 52.1 Å². The normalized spacial score (nSPS) is 16.1. The van der Waals surface area contributed by atoms with E-state index in [-0.39, 0.29) is 11.8 Å². The van der Waals surface area contributed by atoms with Crippen molar-refractivity contribution in [1.82, 2.24) is 34.3 Å². The van der Waals surface area contributed by atoms with Crippen LogP contribution in [0.25, 0.3) is 5.65 Å². The number of amides is 1. The Morgan fingerprint density at radius 1 is 1.21 bits per heavy atom. The summed E-state index contributed by atoms with van der Waals surface area (Å²) in [5.74, 6) is 0.268. The number of aryl methyl sites for hydroxylation is 1. The van der Waals surface area contributed by atoms with E-state index < -0.39 is 0 Å². The Morgan fingerprint density at radius 2 is 2.06 bits per heavy atom. The van der Waals surface area contributed by atoms with Crippen molar-refractivity contribution in [2.24, 2.45) is 0 Å². The van der Waals surface area contributed by atoms with Crippen LogP contribution in [0.2, 0.25) is 0 Å². The molecule has 1 atom stereocenters. The van der Waals surface area contributed by atoms with E-state index in [1.807, 2.05) is 59.8 Å². The summed E-state index contributed by atoms with van der Waals surface area (Å²) in [6.07, 6.45) is 5.94. The van der Waals surface area contributed by atoms with Gasteiger partial charge in [-0.3, -0.25) is 4.79 Å². The Hall–Kier alpha value is -3.59. The van der Waals surface area contributed by atoms with E-state index in [1.165, 1.54) is 6.33 Å². The molecule has 0 saturated carbocycles. The van der Waals surface area contributed by atoms with Crippen molar-refractivity contribution >= 4 is 11.6 Å². The van der Waals surface area contributed by atoms with Crippen molar-refractivity contribution < 1.29 is 9.53 Å². The molecule has 3 aromatic heterocycles. The second-order valence-electron chi connectivity index (χ2n) is 8.33. The van der Waals surface area contributed by atoms with Gasteiger partial charge in [-0.25, -0.2) is 19.2 Å². The Labute approximate surface area is 192 Å². The zero-order chi connectivity index (χ0) is 22.8. The van der Waals surface area contributed by atoms with Crippen LogP contribution in [0.4, 0.5) is 0 Å². The number of aromatic nitrogens is 6. The monoisotopic (exact) mass is 445 g/mol. The SMILES string of the molecule is CCOCc1ccc(C(=O)N2CC[C@H](c3ccnc4c(Cn5cncn5)c(C)nn34)C2)cc1. The molecule has 4 aromatic rings.